The van der Waals surface area contributed by atoms with Crippen LogP contribution in [0, 0.1) is 11.6 Å². The van der Waals surface area contributed by atoms with Crippen molar-refractivity contribution in [1.82, 2.24) is 4.90 Å². The van der Waals surface area contributed by atoms with Gasteiger partial charge in [0.1, 0.15) is 11.6 Å². The van der Waals surface area contributed by atoms with Crippen LogP contribution in [0.25, 0.3) is 0 Å². The molecule has 1 unspecified atom stereocenters. The van der Waals surface area contributed by atoms with Gasteiger partial charge in [0.05, 0.1) is 18.3 Å². The molecule has 1 saturated heterocycles. The van der Waals surface area contributed by atoms with Crippen molar-refractivity contribution in [2.24, 2.45) is 0 Å². The molecule has 0 aromatic heterocycles. The van der Waals surface area contributed by atoms with Gasteiger partial charge < -0.3 is 9.84 Å². The van der Waals surface area contributed by atoms with Crippen molar-refractivity contribution < 1.29 is 18.6 Å². The van der Waals surface area contributed by atoms with Gasteiger partial charge in [-0.15, -0.1) is 0 Å². The summed E-state index contributed by atoms with van der Waals surface area (Å²) in [4.78, 5) is 2.20. The predicted octanol–water partition coefficient (Wildman–Crippen LogP) is 2.50. The number of aliphatic hydroxyl groups excluding tert-OH is 1. The SMILES string of the molecule is CC1(C)CN(CCC(O)c2cc(F)cc(F)c2)CCO1. The largest absolute Gasteiger partial charge is 0.388 e. The Kier molecular flexibility index (Phi) is 4.73. The zero-order valence-electron chi connectivity index (χ0n) is 11.9. The van der Waals surface area contributed by atoms with Gasteiger partial charge >= 0.3 is 0 Å². The lowest BCUT2D eigenvalue weighted by Gasteiger charge is -2.38. The molecular weight excluding hydrogens is 264 g/mol. The fraction of sp³-hybridized carbons (Fsp3) is 0.600. The Balaban J connectivity index is 1.90. The first kappa shape index (κ1) is 15.4. The Labute approximate surface area is 118 Å². The number of benzene rings is 1. The summed E-state index contributed by atoms with van der Waals surface area (Å²) < 4.78 is 31.8. The molecule has 1 atom stereocenters. The van der Waals surface area contributed by atoms with Crippen LogP contribution < -0.4 is 0 Å². The van der Waals surface area contributed by atoms with Gasteiger partial charge in [-0.3, -0.25) is 4.90 Å². The second-order valence-corrected chi connectivity index (χ2v) is 5.89. The average molecular weight is 285 g/mol. The lowest BCUT2D eigenvalue weighted by atomic mass is 10.0. The third-order valence-corrected chi connectivity index (χ3v) is 3.49. The van der Waals surface area contributed by atoms with Gasteiger partial charge in [0.2, 0.25) is 0 Å². The number of hydrogen-bond acceptors (Lipinski definition) is 3. The van der Waals surface area contributed by atoms with Crippen molar-refractivity contribution in [3.8, 4) is 0 Å². The maximum Gasteiger partial charge on any atom is 0.126 e. The molecule has 0 radical (unpaired) electrons. The summed E-state index contributed by atoms with van der Waals surface area (Å²) in [6, 6.07) is 3.16. The van der Waals surface area contributed by atoms with E-state index in [0.717, 1.165) is 19.2 Å². The van der Waals surface area contributed by atoms with Crippen molar-refractivity contribution >= 4 is 0 Å². The van der Waals surface area contributed by atoms with E-state index in [9.17, 15) is 13.9 Å². The molecule has 0 bridgehead atoms. The van der Waals surface area contributed by atoms with Crippen LogP contribution in [-0.2, 0) is 4.74 Å². The highest BCUT2D eigenvalue weighted by atomic mass is 19.1. The molecule has 0 aliphatic carbocycles. The van der Waals surface area contributed by atoms with Gasteiger partial charge in [0, 0.05) is 25.7 Å². The third kappa shape index (κ3) is 4.23. The number of morpholine rings is 1. The van der Waals surface area contributed by atoms with E-state index >= 15 is 0 Å². The number of halogens is 2. The smallest absolute Gasteiger partial charge is 0.126 e. The van der Waals surface area contributed by atoms with Crippen LogP contribution in [0.2, 0.25) is 0 Å². The number of rotatable bonds is 4. The summed E-state index contributed by atoms with van der Waals surface area (Å²) in [5, 5.41) is 10.0. The van der Waals surface area contributed by atoms with Gasteiger partial charge in [0.15, 0.2) is 0 Å². The van der Waals surface area contributed by atoms with Gasteiger partial charge in [-0.1, -0.05) is 0 Å². The van der Waals surface area contributed by atoms with E-state index in [1.807, 2.05) is 13.8 Å². The quantitative estimate of drug-likeness (QED) is 0.922. The van der Waals surface area contributed by atoms with Gasteiger partial charge in [-0.05, 0) is 38.0 Å². The molecular formula is C15H21F2NO2. The Morgan fingerprint density at radius 3 is 2.55 bits per heavy atom. The molecule has 3 nitrogen and oxygen atoms in total. The summed E-state index contributed by atoms with van der Waals surface area (Å²) in [5.74, 6) is -1.32. The summed E-state index contributed by atoms with van der Waals surface area (Å²) in [6.45, 7) is 6.99. The molecule has 1 aromatic carbocycles. The minimum Gasteiger partial charge on any atom is -0.388 e. The molecule has 1 N–H and O–H groups in total. The Bertz CT molecular complexity index is 445. The Morgan fingerprint density at radius 2 is 1.95 bits per heavy atom. The first-order valence-corrected chi connectivity index (χ1v) is 6.86. The number of ether oxygens (including phenoxy) is 1. The van der Waals surface area contributed by atoms with Gasteiger partial charge in [-0.25, -0.2) is 8.78 Å². The van der Waals surface area contributed by atoms with Crippen molar-refractivity contribution in [1.29, 1.82) is 0 Å². The van der Waals surface area contributed by atoms with Crippen LogP contribution in [-0.4, -0.2) is 41.8 Å². The van der Waals surface area contributed by atoms with Crippen LogP contribution in [0.15, 0.2) is 18.2 Å². The summed E-state index contributed by atoms with van der Waals surface area (Å²) in [7, 11) is 0. The van der Waals surface area contributed by atoms with Crippen molar-refractivity contribution in [2.45, 2.75) is 32.0 Å². The molecule has 112 valence electrons. The minimum absolute atomic E-state index is 0.186. The average Bonchev–Trinajstić information content (AvgIpc) is 2.33. The molecule has 2 rings (SSSR count). The molecule has 1 heterocycles. The van der Waals surface area contributed by atoms with Crippen LogP contribution in [0.1, 0.15) is 31.9 Å². The predicted molar refractivity (Wildman–Crippen MR) is 72.4 cm³/mol. The van der Waals surface area contributed by atoms with Crippen LogP contribution >= 0.6 is 0 Å². The number of nitrogens with zero attached hydrogens (tertiary/aromatic N) is 1. The molecule has 20 heavy (non-hydrogen) atoms. The highest BCUT2D eigenvalue weighted by Crippen LogP contribution is 2.21. The zero-order chi connectivity index (χ0) is 14.8. The lowest BCUT2D eigenvalue weighted by molar-refractivity contribution is -0.0878. The third-order valence-electron chi connectivity index (χ3n) is 3.49. The second kappa shape index (κ2) is 6.16. The normalized spacial score (nSPS) is 20.9. The van der Waals surface area contributed by atoms with E-state index in [1.165, 1.54) is 12.1 Å². The first-order chi connectivity index (χ1) is 9.35. The van der Waals surface area contributed by atoms with Crippen molar-refractivity contribution in [3.05, 3.63) is 35.4 Å². The fourth-order valence-corrected chi connectivity index (χ4v) is 2.54. The van der Waals surface area contributed by atoms with Gasteiger partial charge in [0.25, 0.3) is 0 Å². The molecule has 1 aliphatic rings. The van der Waals surface area contributed by atoms with Crippen LogP contribution in [0.3, 0.4) is 0 Å². The van der Waals surface area contributed by atoms with Crippen molar-refractivity contribution in [2.75, 3.05) is 26.2 Å². The Hall–Kier alpha value is -1.04. The van der Waals surface area contributed by atoms with Crippen LogP contribution in [0.4, 0.5) is 8.78 Å². The van der Waals surface area contributed by atoms with Crippen LogP contribution in [0.5, 0.6) is 0 Å². The first-order valence-electron chi connectivity index (χ1n) is 6.86. The molecule has 0 amide bonds. The van der Waals surface area contributed by atoms with E-state index in [1.54, 1.807) is 0 Å². The van der Waals surface area contributed by atoms with E-state index < -0.39 is 17.7 Å². The molecule has 1 fully saturated rings. The molecule has 5 heteroatoms. The number of aliphatic hydroxyl groups is 1. The number of hydrogen-bond donors (Lipinski definition) is 1. The van der Waals surface area contributed by atoms with E-state index in [4.69, 9.17) is 4.74 Å². The maximum atomic E-state index is 13.1. The van der Waals surface area contributed by atoms with E-state index in [-0.39, 0.29) is 11.2 Å². The van der Waals surface area contributed by atoms with Gasteiger partial charge in [-0.2, -0.15) is 0 Å². The second-order valence-electron chi connectivity index (χ2n) is 5.89. The molecule has 0 spiro atoms. The summed E-state index contributed by atoms with van der Waals surface area (Å²) in [6.07, 6.45) is -0.412. The topological polar surface area (TPSA) is 32.7 Å². The molecule has 1 aliphatic heterocycles. The Morgan fingerprint density at radius 1 is 1.30 bits per heavy atom. The van der Waals surface area contributed by atoms with E-state index in [2.05, 4.69) is 4.90 Å². The highest BCUT2D eigenvalue weighted by molar-refractivity contribution is 5.20. The maximum absolute atomic E-state index is 13.1. The summed E-state index contributed by atoms with van der Waals surface area (Å²) >= 11 is 0. The lowest BCUT2D eigenvalue weighted by Crippen LogP contribution is -2.48. The zero-order valence-corrected chi connectivity index (χ0v) is 11.9. The highest BCUT2D eigenvalue weighted by Gasteiger charge is 2.27. The summed E-state index contributed by atoms with van der Waals surface area (Å²) in [5.41, 5.74) is 0.101. The fourth-order valence-electron chi connectivity index (χ4n) is 2.54. The van der Waals surface area contributed by atoms with Crippen molar-refractivity contribution in [3.63, 3.8) is 0 Å². The standard InChI is InChI=1S/C15H21F2NO2/c1-15(2)10-18(5-6-20-15)4-3-14(19)11-7-12(16)9-13(17)8-11/h7-9,14,19H,3-6,10H2,1-2H3. The molecule has 1 aromatic rings. The molecule has 0 saturated carbocycles. The minimum atomic E-state index is -0.855. The monoisotopic (exact) mass is 285 g/mol. The van der Waals surface area contributed by atoms with E-state index in [0.29, 0.717) is 19.6 Å².